The summed E-state index contributed by atoms with van der Waals surface area (Å²) < 4.78 is 80.9. The van der Waals surface area contributed by atoms with E-state index in [9.17, 15) is 50.3 Å². The monoisotopic (exact) mass is 572 g/mol. The molecule has 0 radical (unpaired) electrons. The van der Waals surface area contributed by atoms with Gasteiger partial charge in [0.15, 0.2) is 5.78 Å². The minimum atomic E-state index is -5.13. The van der Waals surface area contributed by atoms with E-state index in [1.165, 1.54) is 0 Å². The summed E-state index contributed by atoms with van der Waals surface area (Å²) in [6, 6.07) is -2.93. The highest BCUT2D eigenvalue weighted by atomic mass is 19.4. The molecule has 1 aliphatic carbocycles. The lowest BCUT2D eigenvalue weighted by Gasteiger charge is -2.31. The number of nitrogens with zero attached hydrogens (tertiary/aromatic N) is 1. The first-order chi connectivity index (χ1) is 17.9. The van der Waals surface area contributed by atoms with Gasteiger partial charge in [-0.05, 0) is 51.4 Å². The highest BCUT2D eigenvalue weighted by Crippen LogP contribution is 2.42. The predicted molar refractivity (Wildman–Crippen MR) is 119 cm³/mol. The van der Waals surface area contributed by atoms with Crippen LogP contribution in [0.15, 0.2) is 0 Å². The summed E-state index contributed by atoms with van der Waals surface area (Å²) in [6.45, 7) is 0.0772. The lowest BCUT2D eigenvalue weighted by molar-refractivity contribution is -0.321. The average molecular weight is 573 g/mol. The fraction of sp³-hybridized carbons (Fsp3) is 0.783. The van der Waals surface area contributed by atoms with Gasteiger partial charge in [0, 0.05) is 19.0 Å². The maximum Gasteiger partial charge on any atom is 0.522 e. The summed E-state index contributed by atoms with van der Waals surface area (Å²) in [7, 11) is 0. The van der Waals surface area contributed by atoms with Gasteiger partial charge in [-0.15, -0.1) is 13.2 Å². The van der Waals surface area contributed by atoms with Crippen LogP contribution in [0.3, 0.4) is 0 Å². The maximum absolute atomic E-state index is 13.4. The quantitative estimate of drug-likeness (QED) is 0.296. The molecule has 2 heterocycles. The number of likely N-dealkylation sites (tertiary alicyclic amines) is 1. The number of fused-ring (bicyclic) bond motifs is 1. The minimum absolute atomic E-state index is 0.0950. The first-order valence-electron chi connectivity index (χ1n) is 12.4. The smallest absolute Gasteiger partial charge is 0.356 e. The summed E-state index contributed by atoms with van der Waals surface area (Å²) in [6.07, 6.45) is -8.35. The molecule has 3 N–H and O–H groups in total. The second-order valence-corrected chi connectivity index (χ2v) is 10.6. The number of ether oxygens (including phenoxy) is 1. The normalized spacial score (nSPS) is 26.2. The maximum atomic E-state index is 13.4. The summed E-state index contributed by atoms with van der Waals surface area (Å²) >= 11 is 0. The van der Waals surface area contributed by atoms with Gasteiger partial charge in [0.05, 0.1) is 6.04 Å². The summed E-state index contributed by atoms with van der Waals surface area (Å²) in [5, 5.41) is 6.48. The van der Waals surface area contributed by atoms with Crippen molar-refractivity contribution in [3.8, 4) is 0 Å². The van der Waals surface area contributed by atoms with E-state index in [0.29, 0.717) is 33.1 Å². The highest BCUT2D eigenvalue weighted by Gasteiger charge is 2.53. The number of Topliss-reactive ketones (excluding diaryl/α,β-unsaturated/α-hetero) is 1. The van der Waals surface area contributed by atoms with Gasteiger partial charge in [-0.3, -0.25) is 28.7 Å². The Bertz CT molecular complexity index is 1000. The van der Waals surface area contributed by atoms with Crippen LogP contribution in [0, 0.1) is 17.8 Å². The second kappa shape index (κ2) is 11.3. The van der Waals surface area contributed by atoms with Crippen LogP contribution in [0.25, 0.3) is 0 Å². The number of carbonyl (C=O) groups excluding carboxylic acids is 5. The Hall–Kier alpha value is -2.91. The Morgan fingerprint density at radius 1 is 1.08 bits per heavy atom. The second-order valence-electron chi connectivity index (χ2n) is 10.6. The fourth-order valence-electron chi connectivity index (χ4n) is 5.32. The van der Waals surface area contributed by atoms with E-state index in [1.807, 2.05) is 0 Å². The Morgan fingerprint density at radius 3 is 2.31 bits per heavy atom. The Kier molecular flexibility index (Phi) is 8.87. The highest BCUT2D eigenvalue weighted by molar-refractivity contribution is 6.35. The van der Waals surface area contributed by atoms with Crippen LogP contribution in [0.2, 0.25) is 0 Å². The number of rotatable bonds is 8. The van der Waals surface area contributed by atoms with Gasteiger partial charge in [0.1, 0.15) is 18.2 Å². The van der Waals surface area contributed by atoms with Gasteiger partial charge in [-0.1, -0.05) is 6.42 Å². The van der Waals surface area contributed by atoms with Gasteiger partial charge in [0.25, 0.3) is 0 Å². The molecule has 10 nitrogen and oxygen atoms in total. The van der Waals surface area contributed by atoms with Gasteiger partial charge < -0.3 is 20.9 Å². The third-order valence-corrected chi connectivity index (χ3v) is 7.52. The molecule has 0 aromatic carbocycles. The molecule has 3 fully saturated rings. The zero-order valence-electron chi connectivity index (χ0n) is 21.2. The molecular weight excluding hydrogens is 542 g/mol. The number of hydrogen-bond acceptors (Lipinski definition) is 6. The zero-order chi connectivity index (χ0) is 29.3. The minimum Gasteiger partial charge on any atom is -0.356 e. The number of halogens is 6. The van der Waals surface area contributed by atoms with Crippen molar-refractivity contribution in [2.75, 3.05) is 19.7 Å². The number of hydrogen-bond donors (Lipinski definition) is 3. The third kappa shape index (κ3) is 7.19. The molecule has 1 saturated carbocycles. The van der Waals surface area contributed by atoms with Crippen molar-refractivity contribution in [2.45, 2.75) is 76.1 Å². The van der Waals surface area contributed by atoms with E-state index in [4.69, 9.17) is 0 Å². The molecule has 2 saturated heterocycles. The van der Waals surface area contributed by atoms with Crippen LogP contribution in [0.4, 0.5) is 26.3 Å². The van der Waals surface area contributed by atoms with Gasteiger partial charge in [-0.2, -0.15) is 13.2 Å². The SMILES string of the molecule is CC(C)(NC(=O)C(=O)N1C[C@@H]2CCC[C@@H]2[C@H]1C(=O)N[C@@H](C[C@@H]1CCNC1=O)C(=O)COC(F)(F)F)C(F)(F)F. The lowest BCUT2D eigenvalue weighted by atomic mass is 9.92. The van der Waals surface area contributed by atoms with Gasteiger partial charge in [0.2, 0.25) is 11.8 Å². The molecular formula is C23H30F6N4O6. The molecule has 0 bridgehead atoms. The summed E-state index contributed by atoms with van der Waals surface area (Å²) in [5.74, 6) is -7.01. The first kappa shape index (κ1) is 30.6. The fourth-order valence-corrected chi connectivity index (χ4v) is 5.32. The molecule has 220 valence electrons. The Labute approximate surface area is 219 Å². The summed E-state index contributed by atoms with van der Waals surface area (Å²) in [4.78, 5) is 64.3. The molecule has 39 heavy (non-hydrogen) atoms. The predicted octanol–water partition coefficient (Wildman–Crippen LogP) is 1.19. The molecule has 5 atom stereocenters. The van der Waals surface area contributed by atoms with Gasteiger partial charge in [-0.25, -0.2) is 0 Å². The standard InChI is InChI=1S/C23H30F6N4O6/c1-21(2,22(24,25)26)32-19(37)20(38)33-9-12-4-3-5-13(12)16(33)18(36)31-14(8-11-6-7-30-17(11)35)15(34)10-39-23(27,28)29/h11-14,16H,3-10H2,1-2H3,(H,30,35)(H,31,36)(H,32,37)/t11-,12-,13-,14-,16-/m0/s1. The van der Waals surface area contributed by atoms with Crippen LogP contribution in [0.1, 0.15) is 46.0 Å². The average Bonchev–Trinajstić information content (AvgIpc) is 3.51. The first-order valence-corrected chi connectivity index (χ1v) is 12.4. The van der Waals surface area contributed by atoms with Crippen molar-refractivity contribution >= 4 is 29.4 Å². The number of ketones is 1. The van der Waals surface area contributed by atoms with Crippen molar-refractivity contribution in [1.82, 2.24) is 20.9 Å². The van der Waals surface area contributed by atoms with Gasteiger partial charge >= 0.3 is 24.4 Å². The topological polar surface area (TPSA) is 134 Å². The van der Waals surface area contributed by atoms with E-state index < -0.39 is 78.0 Å². The van der Waals surface area contributed by atoms with Crippen LogP contribution in [-0.2, 0) is 28.7 Å². The van der Waals surface area contributed by atoms with E-state index in [-0.39, 0.29) is 31.8 Å². The van der Waals surface area contributed by atoms with Crippen molar-refractivity contribution in [2.24, 2.45) is 17.8 Å². The van der Waals surface area contributed by atoms with Crippen LogP contribution in [-0.4, -0.2) is 84.2 Å². The summed E-state index contributed by atoms with van der Waals surface area (Å²) in [5.41, 5.74) is -2.75. The molecule has 0 aromatic rings. The van der Waals surface area contributed by atoms with Crippen LogP contribution in [0.5, 0.6) is 0 Å². The van der Waals surface area contributed by atoms with E-state index in [2.05, 4.69) is 15.4 Å². The van der Waals surface area contributed by atoms with Crippen molar-refractivity contribution < 1.29 is 55.1 Å². The zero-order valence-corrected chi connectivity index (χ0v) is 21.2. The third-order valence-electron chi connectivity index (χ3n) is 7.52. The largest absolute Gasteiger partial charge is 0.522 e. The number of amides is 4. The molecule has 3 aliphatic rings. The molecule has 3 rings (SSSR count). The molecule has 0 unspecified atom stereocenters. The van der Waals surface area contributed by atoms with Crippen LogP contribution >= 0.6 is 0 Å². The molecule has 2 aliphatic heterocycles. The lowest BCUT2D eigenvalue weighted by Crippen LogP contribution is -2.60. The number of carbonyl (C=O) groups is 5. The van der Waals surface area contributed by atoms with Crippen LogP contribution < -0.4 is 16.0 Å². The molecule has 0 aromatic heterocycles. The van der Waals surface area contributed by atoms with E-state index in [1.54, 1.807) is 5.32 Å². The van der Waals surface area contributed by atoms with Crippen molar-refractivity contribution in [3.63, 3.8) is 0 Å². The molecule has 16 heteroatoms. The van der Waals surface area contributed by atoms with E-state index >= 15 is 0 Å². The molecule has 0 spiro atoms. The van der Waals surface area contributed by atoms with E-state index in [0.717, 1.165) is 4.90 Å². The Balaban J connectivity index is 1.80. The van der Waals surface area contributed by atoms with Crippen molar-refractivity contribution in [3.05, 3.63) is 0 Å². The van der Waals surface area contributed by atoms with Crippen molar-refractivity contribution in [1.29, 1.82) is 0 Å². The Morgan fingerprint density at radius 2 is 1.74 bits per heavy atom. The number of nitrogens with one attached hydrogen (secondary N) is 3. The molecule has 4 amide bonds. The number of alkyl halides is 6.